The third-order valence-electron chi connectivity index (χ3n) is 2.93. The fourth-order valence-corrected chi connectivity index (χ4v) is 4.93. The van der Waals surface area contributed by atoms with E-state index in [-0.39, 0.29) is 6.04 Å². The first-order valence-corrected chi connectivity index (χ1v) is 9.44. The van der Waals surface area contributed by atoms with Gasteiger partial charge in [-0.25, -0.2) is 8.42 Å². The summed E-state index contributed by atoms with van der Waals surface area (Å²) in [5.74, 6) is 0.359. The van der Waals surface area contributed by atoms with Crippen LogP contribution in [0.5, 0.6) is 0 Å². The van der Waals surface area contributed by atoms with Crippen LogP contribution in [0.3, 0.4) is 0 Å². The highest BCUT2D eigenvalue weighted by Gasteiger charge is 2.27. The Morgan fingerprint density at radius 3 is 2.53 bits per heavy atom. The fraction of sp³-hybridized carbons (Fsp3) is 0.692. The van der Waals surface area contributed by atoms with Gasteiger partial charge in [0, 0.05) is 22.8 Å². The van der Waals surface area contributed by atoms with Gasteiger partial charge in [0.15, 0.2) is 0 Å². The van der Waals surface area contributed by atoms with Crippen LogP contribution in [0.2, 0.25) is 0 Å². The second-order valence-corrected chi connectivity index (χ2v) is 7.95. The molecule has 1 rings (SSSR count). The molecule has 0 bridgehead atoms. The summed E-state index contributed by atoms with van der Waals surface area (Å²) in [5.41, 5.74) is 0. The topological polar surface area (TPSA) is 37.4 Å². The van der Waals surface area contributed by atoms with Gasteiger partial charge in [0.25, 0.3) is 0 Å². The van der Waals surface area contributed by atoms with Gasteiger partial charge in [-0.05, 0) is 26.3 Å². The van der Waals surface area contributed by atoms with Crippen LogP contribution >= 0.6 is 22.9 Å². The fourth-order valence-electron chi connectivity index (χ4n) is 1.87. The smallest absolute Gasteiger partial charge is 0.207 e. The monoisotopic (exact) mass is 323 g/mol. The first-order valence-electron chi connectivity index (χ1n) is 6.58. The summed E-state index contributed by atoms with van der Waals surface area (Å²) in [6.07, 6.45) is 3.04. The van der Waals surface area contributed by atoms with Crippen LogP contribution in [-0.4, -0.2) is 25.3 Å². The molecule has 0 aliphatic rings. The molecule has 19 heavy (non-hydrogen) atoms. The van der Waals surface area contributed by atoms with Crippen LogP contribution in [0.4, 0.5) is 0 Å². The van der Waals surface area contributed by atoms with Crippen LogP contribution in [0.15, 0.2) is 16.3 Å². The van der Waals surface area contributed by atoms with Crippen LogP contribution in [0.1, 0.15) is 44.9 Å². The van der Waals surface area contributed by atoms with Gasteiger partial charge >= 0.3 is 0 Å². The highest BCUT2D eigenvalue weighted by Crippen LogP contribution is 2.25. The summed E-state index contributed by atoms with van der Waals surface area (Å²) in [6.45, 7) is 6.52. The van der Waals surface area contributed by atoms with Crippen molar-refractivity contribution >= 4 is 33.0 Å². The molecule has 0 radical (unpaired) electrons. The lowest BCUT2D eigenvalue weighted by molar-refractivity contribution is 0.346. The summed E-state index contributed by atoms with van der Waals surface area (Å²) in [4.78, 5) is 1.26. The van der Waals surface area contributed by atoms with Crippen molar-refractivity contribution in [2.24, 2.45) is 0 Å². The normalized spacial score (nSPS) is 12.5. The van der Waals surface area contributed by atoms with Gasteiger partial charge < -0.3 is 0 Å². The second-order valence-electron chi connectivity index (χ2n) is 4.80. The molecular weight excluding hydrogens is 302 g/mol. The first-order chi connectivity index (χ1) is 8.93. The van der Waals surface area contributed by atoms with E-state index in [0.29, 0.717) is 17.3 Å². The Balaban J connectivity index is 2.92. The zero-order valence-corrected chi connectivity index (χ0v) is 14.1. The summed E-state index contributed by atoms with van der Waals surface area (Å²) < 4.78 is 26.8. The Bertz CT molecular complexity index is 483. The lowest BCUT2D eigenvalue weighted by Crippen LogP contribution is -2.37. The summed E-state index contributed by atoms with van der Waals surface area (Å²) in [7, 11) is -3.38. The van der Waals surface area contributed by atoms with E-state index < -0.39 is 10.0 Å². The molecule has 0 amide bonds. The number of hydrogen-bond acceptors (Lipinski definition) is 3. The number of alkyl halides is 1. The summed E-state index contributed by atoms with van der Waals surface area (Å²) >= 11 is 7.13. The molecule has 1 aromatic heterocycles. The summed E-state index contributed by atoms with van der Waals surface area (Å²) in [5, 5.41) is 1.68. The van der Waals surface area contributed by atoms with Crippen molar-refractivity contribution in [2.75, 3.05) is 6.54 Å². The first kappa shape index (κ1) is 17.0. The van der Waals surface area contributed by atoms with E-state index in [2.05, 4.69) is 6.92 Å². The van der Waals surface area contributed by atoms with Gasteiger partial charge in [-0.2, -0.15) is 4.31 Å². The Hall–Kier alpha value is -0.100. The minimum absolute atomic E-state index is 0.0267. The van der Waals surface area contributed by atoms with Gasteiger partial charge in [0.2, 0.25) is 10.0 Å². The lowest BCUT2D eigenvalue weighted by Gasteiger charge is -2.25. The molecule has 6 heteroatoms. The van der Waals surface area contributed by atoms with Crippen molar-refractivity contribution < 1.29 is 8.42 Å². The van der Waals surface area contributed by atoms with Gasteiger partial charge in [-0.3, -0.25) is 0 Å². The largest absolute Gasteiger partial charge is 0.244 e. The molecule has 0 spiro atoms. The van der Waals surface area contributed by atoms with Crippen molar-refractivity contribution in [1.82, 2.24) is 4.31 Å². The Kier molecular flexibility index (Phi) is 6.80. The molecular formula is C13H22ClNO2S2. The molecule has 0 atom stereocenters. The maximum Gasteiger partial charge on any atom is 0.244 e. The molecule has 1 heterocycles. The predicted octanol–water partition coefficient (Wildman–Crippen LogP) is 4.08. The minimum atomic E-state index is -3.38. The van der Waals surface area contributed by atoms with Crippen LogP contribution in [0, 0.1) is 0 Å². The standard InChI is InChI=1S/C13H22ClNO2S2/c1-4-5-6-7-15(11(2)3)19(16,17)13-8-12(9-14)18-10-13/h8,10-11H,4-7,9H2,1-3H3. The highest BCUT2D eigenvalue weighted by molar-refractivity contribution is 7.89. The van der Waals surface area contributed by atoms with E-state index in [1.54, 1.807) is 15.8 Å². The quantitative estimate of drug-likeness (QED) is 0.534. The van der Waals surface area contributed by atoms with Gasteiger partial charge in [0.1, 0.15) is 0 Å². The van der Waals surface area contributed by atoms with E-state index in [1.165, 1.54) is 11.3 Å². The van der Waals surface area contributed by atoms with E-state index >= 15 is 0 Å². The molecule has 3 nitrogen and oxygen atoms in total. The highest BCUT2D eigenvalue weighted by atomic mass is 35.5. The third-order valence-corrected chi connectivity index (χ3v) is 6.51. The minimum Gasteiger partial charge on any atom is -0.207 e. The molecule has 0 aromatic carbocycles. The Morgan fingerprint density at radius 1 is 1.37 bits per heavy atom. The molecule has 110 valence electrons. The van der Waals surface area contributed by atoms with Gasteiger partial charge in [-0.1, -0.05) is 19.8 Å². The van der Waals surface area contributed by atoms with Crippen molar-refractivity contribution in [3.05, 3.63) is 16.3 Å². The number of sulfonamides is 1. The molecule has 0 aliphatic carbocycles. The number of thiophene rings is 1. The van der Waals surface area contributed by atoms with Crippen LogP contribution in [0.25, 0.3) is 0 Å². The molecule has 0 N–H and O–H groups in total. The SMILES string of the molecule is CCCCCN(C(C)C)S(=O)(=O)c1csc(CCl)c1. The zero-order valence-electron chi connectivity index (χ0n) is 11.7. The van der Waals surface area contributed by atoms with Crippen molar-refractivity contribution in [3.63, 3.8) is 0 Å². The van der Waals surface area contributed by atoms with Gasteiger partial charge in [0.05, 0.1) is 10.8 Å². The number of hydrogen-bond donors (Lipinski definition) is 0. The predicted molar refractivity (Wildman–Crippen MR) is 82.4 cm³/mol. The van der Waals surface area contributed by atoms with Crippen LogP contribution < -0.4 is 0 Å². The number of halogens is 1. The molecule has 0 saturated heterocycles. The van der Waals surface area contributed by atoms with Crippen molar-refractivity contribution in [1.29, 1.82) is 0 Å². The number of unbranched alkanes of at least 4 members (excludes halogenated alkanes) is 2. The average molecular weight is 324 g/mol. The molecule has 0 saturated carbocycles. The summed E-state index contributed by atoms with van der Waals surface area (Å²) in [6, 6.07) is 1.66. The Morgan fingerprint density at radius 2 is 2.05 bits per heavy atom. The molecule has 0 unspecified atom stereocenters. The van der Waals surface area contributed by atoms with E-state index in [0.717, 1.165) is 24.1 Å². The van der Waals surface area contributed by atoms with Crippen molar-refractivity contribution in [3.8, 4) is 0 Å². The van der Waals surface area contributed by atoms with E-state index in [1.807, 2.05) is 13.8 Å². The maximum absolute atomic E-state index is 12.6. The second kappa shape index (κ2) is 7.62. The van der Waals surface area contributed by atoms with E-state index in [4.69, 9.17) is 11.6 Å². The van der Waals surface area contributed by atoms with Crippen molar-refractivity contribution in [2.45, 2.75) is 56.9 Å². The molecule has 0 fully saturated rings. The van der Waals surface area contributed by atoms with Crippen LogP contribution in [-0.2, 0) is 15.9 Å². The lowest BCUT2D eigenvalue weighted by atomic mass is 10.2. The third kappa shape index (κ3) is 4.45. The number of nitrogens with zero attached hydrogens (tertiary/aromatic N) is 1. The van der Waals surface area contributed by atoms with E-state index in [9.17, 15) is 8.42 Å². The molecule has 0 aliphatic heterocycles. The number of rotatable bonds is 8. The zero-order chi connectivity index (χ0) is 14.5. The average Bonchev–Trinajstić information content (AvgIpc) is 2.83. The molecule has 1 aromatic rings. The maximum atomic E-state index is 12.6. The Labute approximate surface area is 125 Å². The van der Waals surface area contributed by atoms with Gasteiger partial charge in [-0.15, -0.1) is 22.9 Å².